The molecule has 5 nitrogen and oxygen atoms in total. The molecule has 17 heavy (non-hydrogen) atoms. The summed E-state index contributed by atoms with van der Waals surface area (Å²) in [5.74, 6) is -0.353. The number of nitrogens with zero attached hydrogens (tertiary/aromatic N) is 1. The lowest BCUT2D eigenvalue weighted by atomic mass is 9.96. The van der Waals surface area contributed by atoms with Gasteiger partial charge in [-0.05, 0) is 33.6 Å². The Morgan fingerprint density at radius 3 is 2.24 bits per heavy atom. The summed E-state index contributed by atoms with van der Waals surface area (Å²) in [6, 6.07) is 0. The predicted octanol–water partition coefficient (Wildman–Crippen LogP) is 0.525. The smallest absolute Gasteiger partial charge is 0.248 e. The molecule has 0 aromatic heterocycles. The first-order chi connectivity index (χ1) is 7.79. The van der Waals surface area contributed by atoms with Crippen LogP contribution in [0.25, 0.3) is 0 Å². The van der Waals surface area contributed by atoms with Gasteiger partial charge in [-0.15, -0.1) is 0 Å². The van der Waals surface area contributed by atoms with Gasteiger partial charge in [0.15, 0.2) is 0 Å². The maximum absolute atomic E-state index is 11.8. The van der Waals surface area contributed by atoms with Crippen LogP contribution < -0.4 is 5.73 Å². The molecule has 0 spiro atoms. The number of carbonyl (C=O) groups is 2. The van der Waals surface area contributed by atoms with Gasteiger partial charge < -0.3 is 15.4 Å². The fourth-order valence-corrected chi connectivity index (χ4v) is 1.78. The van der Waals surface area contributed by atoms with Crippen LogP contribution in [-0.2, 0) is 14.3 Å². The Hall–Kier alpha value is -1.10. The van der Waals surface area contributed by atoms with Crippen LogP contribution in [0.2, 0.25) is 0 Å². The monoisotopic (exact) mass is 242 g/mol. The Balaban J connectivity index is 2.33. The minimum Gasteiger partial charge on any atom is -0.369 e. The zero-order valence-corrected chi connectivity index (χ0v) is 10.9. The van der Waals surface area contributed by atoms with Gasteiger partial charge in [-0.2, -0.15) is 0 Å². The lowest BCUT2D eigenvalue weighted by Crippen LogP contribution is -2.43. The topological polar surface area (TPSA) is 72.6 Å². The molecule has 1 aliphatic heterocycles. The minimum atomic E-state index is -0.304. The van der Waals surface area contributed by atoms with Crippen LogP contribution >= 0.6 is 0 Å². The third-order valence-corrected chi connectivity index (χ3v) is 2.88. The van der Waals surface area contributed by atoms with Crippen molar-refractivity contribution in [1.29, 1.82) is 0 Å². The average Bonchev–Trinajstić information content (AvgIpc) is 2.25. The normalized spacial score (nSPS) is 18.2. The molecular formula is C12H22N2O3. The largest absolute Gasteiger partial charge is 0.369 e. The lowest BCUT2D eigenvalue weighted by molar-refractivity contribution is -0.143. The summed E-state index contributed by atoms with van der Waals surface area (Å²) in [6.07, 6.45) is 1.33. The van der Waals surface area contributed by atoms with Crippen molar-refractivity contribution in [2.24, 2.45) is 11.7 Å². The molecule has 2 amide bonds. The molecule has 1 aliphatic rings. The van der Waals surface area contributed by atoms with Crippen molar-refractivity contribution in [2.45, 2.75) is 39.2 Å². The van der Waals surface area contributed by atoms with Crippen LogP contribution in [0.4, 0.5) is 0 Å². The molecule has 0 radical (unpaired) electrons. The predicted molar refractivity (Wildman–Crippen MR) is 64.2 cm³/mol. The fourth-order valence-electron chi connectivity index (χ4n) is 1.78. The Morgan fingerprint density at radius 1 is 1.29 bits per heavy atom. The van der Waals surface area contributed by atoms with Gasteiger partial charge in [0.25, 0.3) is 0 Å². The standard InChI is InChI=1S/C12H22N2O3/c1-12(2,3)17-8-10(15)14-6-4-9(5-7-14)11(13)16/h9H,4-8H2,1-3H3,(H2,13,16). The molecule has 0 aromatic carbocycles. The van der Waals surface area contributed by atoms with Gasteiger partial charge in [0.1, 0.15) is 6.61 Å². The van der Waals surface area contributed by atoms with Gasteiger partial charge in [0.05, 0.1) is 5.60 Å². The van der Waals surface area contributed by atoms with E-state index in [0.29, 0.717) is 25.9 Å². The number of piperidine rings is 1. The maximum Gasteiger partial charge on any atom is 0.248 e. The number of nitrogens with two attached hydrogens (primary N) is 1. The van der Waals surface area contributed by atoms with Gasteiger partial charge in [-0.25, -0.2) is 0 Å². The van der Waals surface area contributed by atoms with Gasteiger partial charge in [-0.3, -0.25) is 9.59 Å². The molecule has 0 saturated carbocycles. The molecular weight excluding hydrogens is 220 g/mol. The molecule has 0 aliphatic carbocycles. The van der Waals surface area contributed by atoms with E-state index in [1.54, 1.807) is 4.90 Å². The minimum absolute atomic E-state index is 0.0113. The highest BCUT2D eigenvalue weighted by Gasteiger charge is 2.26. The van der Waals surface area contributed by atoms with Crippen molar-refractivity contribution in [3.63, 3.8) is 0 Å². The fraction of sp³-hybridized carbons (Fsp3) is 0.833. The number of ether oxygens (including phenoxy) is 1. The zero-order valence-electron chi connectivity index (χ0n) is 10.9. The number of hydrogen-bond donors (Lipinski definition) is 1. The van der Waals surface area contributed by atoms with E-state index in [1.807, 2.05) is 20.8 Å². The summed E-state index contributed by atoms with van der Waals surface area (Å²) in [5, 5.41) is 0. The summed E-state index contributed by atoms with van der Waals surface area (Å²) in [5.41, 5.74) is 4.93. The molecule has 1 rings (SSSR count). The van der Waals surface area contributed by atoms with Crippen LogP contribution in [0.5, 0.6) is 0 Å². The van der Waals surface area contributed by atoms with Crippen molar-refractivity contribution in [3.8, 4) is 0 Å². The second-order valence-corrected chi connectivity index (χ2v) is 5.46. The molecule has 1 saturated heterocycles. The molecule has 0 unspecified atom stereocenters. The first kappa shape index (κ1) is 14.0. The van der Waals surface area contributed by atoms with E-state index < -0.39 is 0 Å². The van der Waals surface area contributed by atoms with Crippen LogP contribution in [0.1, 0.15) is 33.6 Å². The summed E-state index contributed by atoms with van der Waals surface area (Å²) >= 11 is 0. The third kappa shape index (κ3) is 4.73. The van der Waals surface area contributed by atoms with Crippen LogP contribution in [0, 0.1) is 5.92 Å². The second kappa shape index (κ2) is 5.49. The van der Waals surface area contributed by atoms with E-state index in [1.165, 1.54) is 0 Å². The SMILES string of the molecule is CC(C)(C)OCC(=O)N1CCC(C(N)=O)CC1. The second-order valence-electron chi connectivity index (χ2n) is 5.46. The highest BCUT2D eigenvalue weighted by molar-refractivity contribution is 5.79. The Bertz CT molecular complexity index is 289. The van der Waals surface area contributed by atoms with Crippen molar-refractivity contribution in [2.75, 3.05) is 19.7 Å². The van der Waals surface area contributed by atoms with Gasteiger partial charge in [0, 0.05) is 19.0 Å². The Morgan fingerprint density at radius 2 is 1.82 bits per heavy atom. The number of amides is 2. The first-order valence-electron chi connectivity index (χ1n) is 6.00. The third-order valence-electron chi connectivity index (χ3n) is 2.88. The van der Waals surface area contributed by atoms with E-state index in [0.717, 1.165) is 0 Å². The highest BCUT2D eigenvalue weighted by atomic mass is 16.5. The molecule has 0 atom stereocenters. The van der Waals surface area contributed by atoms with Gasteiger partial charge in [-0.1, -0.05) is 0 Å². The molecule has 2 N–H and O–H groups in total. The number of likely N-dealkylation sites (tertiary alicyclic amines) is 1. The maximum atomic E-state index is 11.8. The summed E-state index contributed by atoms with van der Waals surface area (Å²) in [4.78, 5) is 24.5. The average molecular weight is 242 g/mol. The van der Waals surface area contributed by atoms with Crippen LogP contribution in [-0.4, -0.2) is 42.0 Å². The number of primary amides is 1. The molecule has 0 aromatic rings. The molecule has 1 heterocycles. The van der Waals surface area contributed by atoms with E-state index in [2.05, 4.69) is 0 Å². The molecule has 1 fully saturated rings. The van der Waals surface area contributed by atoms with Crippen molar-refractivity contribution >= 4 is 11.8 Å². The Labute approximate surface area is 102 Å². The summed E-state index contributed by atoms with van der Waals surface area (Å²) in [6.45, 7) is 7.05. The highest BCUT2D eigenvalue weighted by Crippen LogP contribution is 2.17. The zero-order chi connectivity index (χ0) is 13.1. The van der Waals surface area contributed by atoms with Crippen molar-refractivity contribution < 1.29 is 14.3 Å². The van der Waals surface area contributed by atoms with Crippen LogP contribution in [0.15, 0.2) is 0 Å². The van der Waals surface area contributed by atoms with Gasteiger partial charge >= 0.3 is 0 Å². The van der Waals surface area contributed by atoms with E-state index in [-0.39, 0.29) is 29.9 Å². The van der Waals surface area contributed by atoms with E-state index in [4.69, 9.17) is 10.5 Å². The van der Waals surface area contributed by atoms with E-state index >= 15 is 0 Å². The van der Waals surface area contributed by atoms with E-state index in [9.17, 15) is 9.59 Å². The van der Waals surface area contributed by atoms with Crippen LogP contribution in [0.3, 0.4) is 0 Å². The Kier molecular flexibility index (Phi) is 4.51. The molecule has 98 valence electrons. The number of rotatable bonds is 3. The van der Waals surface area contributed by atoms with Crippen molar-refractivity contribution in [1.82, 2.24) is 4.90 Å². The quantitative estimate of drug-likeness (QED) is 0.784. The number of hydrogen-bond acceptors (Lipinski definition) is 3. The van der Waals surface area contributed by atoms with Crippen molar-refractivity contribution in [3.05, 3.63) is 0 Å². The number of carbonyl (C=O) groups excluding carboxylic acids is 2. The molecule has 5 heteroatoms. The van der Waals surface area contributed by atoms with Gasteiger partial charge in [0.2, 0.25) is 11.8 Å². The lowest BCUT2D eigenvalue weighted by Gasteiger charge is -2.31. The first-order valence-corrected chi connectivity index (χ1v) is 6.00. The summed E-state index contributed by atoms with van der Waals surface area (Å²) < 4.78 is 5.44. The molecule has 0 bridgehead atoms. The summed E-state index contributed by atoms with van der Waals surface area (Å²) in [7, 11) is 0.